The van der Waals surface area contributed by atoms with Crippen LogP contribution in [0.1, 0.15) is 24.1 Å². The molecule has 19 heavy (non-hydrogen) atoms. The maximum absolute atomic E-state index is 12.2. The standard InChI is InChI=1S/C14H17N3O2/c1-11-2-3-12(8-16-11)9-17-13(18)14(10-15)4-6-19-7-5-14/h2-3,8H,4-7,9H2,1H3,(H,17,18). The van der Waals surface area contributed by atoms with Crippen molar-refractivity contribution in [2.45, 2.75) is 26.3 Å². The first-order valence-corrected chi connectivity index (χ1v) is 6.35. The fourth-order valence-electron chi connectivity index (χ4n) is 2.06. The van der Waals surface area contributed by atoms with E-state index in [0.29, 0.717) is 32.6 Å². The van der Waals surface area contributed by atoms with E-state index in [-0.39, 0.29) is 5.91 Å². The molecule has 5 nitrogen and oxygen atoms in total. The summed E-state index contributed by atoms with van der Waals surface area (Å²) in [5, 5.41) is 12.1. The minimum absolute atomic E-state index is 0.209. The lowest BCUT2D eigenvalue weighted by molar-refractivity contribution is -0.132. The van der Waals surface area contributed by atoms with E-state index in [1.165, 1.54) is 0 Å². The third-order valence-corrected chi connectivity index (χ3v) is 3.42. The van der Waals surface area contributed by atoms with Gasteiger partial charge in [-0.2, -0.15) is 5.26 Å². The molecule has 0 saturated carbocycles. The molecule has 100 valence electrons. The number of nitrogens with one attached hydrogen (secondary N) is 1. The molecule has 0 unspecified atom stereocenters. The predicted molar refractivity (Wildman–Crippen MR) is 68.9 cm³/mol. The van der Waals surface area contributed by atoms with Gasteiger partial charge < -0.3 is 10.1 Å². The maximum atomic E-state index is 12.2. The Morgan fingerprint density at radius 1 is 1.53 bits per heavy atom. The summed E-state index contributed by atoms with van der Waals surface area (Å²) in [5.74, 6) is -0.209. The van der Waals surface area contributed by atoms with Gasteiger partial charge in [-0.15, -0.1) is 0 Å². The van der Waals surface area contributed by atoms with Gasteiger partial charge in [-0.25, -0.2) is 0 Å². The molecule has 2 rings (SSSR count). The normalized spacial score (nSPS) is 17.5. The van der Waals surface area contributed by atoms with E-state index >= 15 is 0 Å². The second-order valence-corrected chi connectivity index (χ2v) is 4.80. The van der Waals surface area contributed by atoms with E-state index in [1.807, 2.05) is 19.1 Å². The quantitative estimate of drug-likeness (QED) is 0.888. The van der Waals surface area contributed by atoms with E-state index in [4.69, 9.17) is 4.74 Å². The molecule has 1 aliphatic heterocycles. The number of amides is 1. The van der Waals surface area contributed by atoms with Crippen molar-refractivity contribution >= 4 is 5.91 Å². The third-order valence-electron chi connectivity index (χ3n) is 3.42. The van der Waals surface area contributed by atoms with Crippen molar-refractivity contribution in [1.29, 1.82) is 5.26 Å². The van der Waals surface area contributed by atoms with Crippen LogP contribution in [0.3, 0.4) is 0 Å². The van der Waals surface area contributed by atoms with Gasteiger partial charge in [0.15, 0.2) is 0 Å². The molecule has 1 saturated heterocycles. The molecule has 1 N–H and O–H groups in total. The number of nitrogens with zero attached hydrogens (tertiary/aromatic N) is 2. The number of hydrogen-bond acceptors (Lipinski definition) is 4. The van der Waals surface area contributed by atoms with Crippen LogP contribution in [0.25, 0.3) is 0 Å². The monoisotopic (exact) mass is 259 g/mol. The molecular weight excluding hydrogens is 242 g/mol. The molecule has 0 aliphatic carbocycles. The van der Waals surface area contributed by atoms with Crippen molar-refractivity contribution in [3.8, 4) is 6.07 Å². The number of carbonyl (C=O) groups is 1. The minimum atomic E-state index is -0.934. The molecule has 0 aromatic carbocycles. The summed E-state index contributed by atoms with van der Waals surface area (Å²) in [6.45, 7) is 3.24. The van der Waals surface area contributed by atoms with Gasteiger partial charge in [0.1, 0.15) is 5.41 Å². The summed E-state index contributed by atoms with van der Waals surface area (Å²) in [5.41, 5.74) is 0.934. The Balaban J connectivity index is 1.96. The maximum Gasteiger partial charge on any atom is 0.240 e. The molecule has 0 spiro atoms. The van der Waals surface area contributed by atoms with Gasteiger partial charge >= 0.3 is 0 Å². The first-order valence-electron chi connectivity index (χ1n) is 6.35. The van der Waals surface area contributed by atoms with Crippen LogP contribution in [-0.4, -0.2) is 24.1 Å². The van der Waals surface area contributed by atoms with Crippen molar-refractivity contribution < 1.29 is 9.53 Å². The molecule has 0 atom stereocenters. The van der Waals surface area contributed by atoms with E-state index in [2.05, 4.69) is 16.4 Å². The van der Waals surface area contributed by atoms with Gasteiger partial charge in [0.05, 0.1) is 6.07 Å². The lowest BCUT2D eigenvalue weighted by Gasteiger charge is -2.29. The van der Waals surface area contributed by atoms with Crippen molar-refractivity contribution in [1.82, 2.24) is 10.3 Å². The highest BCUT2D eigenvalue weighted by molar-refractivity contribution is 5.85. The molecule has 5 heteroatoms. The van der Waals surface area contributed by atoms with Crippen molar-refractivity contribution in [3.63, 3.8) is 0 Å². The number of nitriles is 1. The lowest BCUT2D eigenvalue weighted by atomic mass is 9.81. The molecule has 1 amide bonds. The number of hydrogen-bond donors (Lipinski definition) is 1. The van der Waals surface area contributed by atoms with E-state index in [0.717, 1.165) is 11.3 Å². The average molecular weight is 259 g/mol. The van der Waals surface area contributed by atoms with Crippen LogP contribution in [-0.2, 0) is 16.1 Å². The Morgan fingerprint density at radius 3 is 2.84 bits per heavy atom. The highest BCUT2D eigenvalue weighted by atomic mass is 16.5. The predicted octanol–water partition coefficient (Wildman–Crippen LogP) is 1.33. The van der Waals surface area contributed by atoms with Crippen LogP contribution in [0.2, 0.25) is 0 Å². The van der Waals surface area contributed by atoms with Crippen LogP contribution in [0.5, 0.6) is 0 Å². The number of rotatable bonds is 3. The Hall–Kier alpha value is -1.93. The SMILES string of the molecule is Cc1ccc(CNC(=O)C2(C#N)CCOCC2)cn1. The van der Waals surface area contributed by atoms with Crippen LogP contribution in [0.4, 0.5) is 0 Å². The molecular formula is C14H17N3O2. The van der Waals surface area contributed by atoms with Gasteiger partial charge in [-0.3, -0.25) is 9.78 Å². The highest BCUT2D eigenvalue weighted by Gasteiger charge is 2.40. The van der Waals surface area contributed by atoms with Gasteiger partial charge in [0.2, 0.25) is 5.91 Å². The fraction of sp³-hybridized carbons (Fsp3) is 0.500. The first-order chi connectivity index (χ1) is 9.16. The van der Waals surface area contributed by atoms with E-state index in [9.17, 15) is 10.1 Å². The lowest BCUT2D eigenvalue weighted by Crippen LogP contribution is -2.43. The summed E-state index contributed by atoms with van der Waals surface area (Å²) < 4.78 is 5.21. The summed E-state index contributed by atoms with van der Waals surface area (Å²) in [7, 11) is 0. The Kier molecular flexibility index (Phi) is 4.13. The molecule has 1 fully saturated rings. The topological polar surface area (TPSA) is 75.0 Å². The van der Waals surface area contributed by atoms with Crippen molar-refractivity contribution in [2.75, 3.05) is 13.2 Å². The fourth-order valence-corrected chi connectivity index (χ4v) is 2.06. The zero-order valence-electron chi connectivity index (χ0n) is 11.0. The number of aryl methyl sites for hydroxylation is 1. The zero-order chi connectivity index (χ0) is 13.7. The third kappa shape index (κ3) is 3.09. The molecule has 1 aliphatic rings. The smallest absolute Gasteiger partial charge is 0.240 e. The van der Waals surface area contributed by atoms with Gasteiger partial charge in [0.25, 0.3) is 0 Å². The first kappa shape index (κ1) is 13.5. The van der Waals surface area contributed by atoms with Gasteiger partial charge in [0, 0.05) is 31.6 Å². The Morgan fingerprint density at radius 2 is 2.26 bits per heavy atom. The van der Waals surface area contributed by atoms with Crippen molar-refractivity contribution in [2.24, 2.45) is 5.41 Å². The number of pyridine rings is 1. The van der Waals surface area contributed by atoms with Gasteiger partial charge in [-0.05, 0) is 31.4 Å². The largest absolute Gasteiger partial charge is 0.381 e. The molecule has 1 aromatic heterocycles. The number of carbonyl (C=O) groups excluding carboxylic acids is 1. The molecule has 1 aromatic rings. The van der Waals surface area contributed by atoms with E-state index < -0.39 is 5.41 Å². The number of aromatic nitrogens is 1. The number of ether oxygens (including phenoxy) is 1. The Bertz CT molecular complexity index is 484. The van der Waals surface area contributed by atoms with Crippen LogP contribution < -0.4 is 5.32 Å². The minimum Gasteiger partial charge on any atom is -0.381 e. The van der Waals surface area contributed by atoms with Crippen LogP contribution >= 0.6 is 0 Å². The molecule has 2 heterocycles. The average Bonchev–Trinajstić information content (AvgIpc) is 2.47. The molecule has 0 bridgehead atoms. The summed E-state index contributed by atoms with van der Waals surface area (Å²) in [4.78, 5) is 16.4. The second kappa shape index (κ2) is 5.81. The van der Waals surface area contributed by atoms with E-state index in [1.54, 1.807) is 6.20 Å². The highest BCUT2D eigenvalue weighted by Crippen LogP contribution is 2.29. The summed E-state index contributed by atoms with van der Waals surface area (Å²) in [6.07, 6.45) is 2.65. The van der Waals surface area contributed by atoms with Crippen LogP contribution in [0.15, 0.2) is 18.3 Å². The summed E-state index contributed by atoms with van der Waals surface area (Å²) >= 11 is 0. The van der Waals surface area contributed by atoms with Crippen molar-refractivity contribution in [3.05, 3.63) is 29.6 Å². The Labute approximate surface area is 112 Å². The summed E-state index contributed by atoms with van der Waals surface area (Å²) in [6, 6.07) is 5.98. The zero-order valence-corrected chi connectivity index (χ0v) is 11.0. The van der Waals surface area contributed by atoms with Crippen LogP contribution in [0, 0.1) is 23.7 Å². The second-order valence-electron chi connectivity index (χ2n) is 4.80. The molecule has 0 radical (unpaired) electrons. The van der Waals surface area contributed by atoms with Gasteiger partial charge in [-0.1, -0.05) is 6.07 Å².